The van der Waals surface area contributed by atoms with Crippen molar-refractivity contribution in [2.24, 2.45) is 7.05 Å². The van der Waals surface area contributed by atoms with Gasteiger partial charge < -0.3 is 5.32 Å². The first kappa shape index (κ1) is 18.0. The van der Waals surface area contributed by atoms with Crippen LogP contribution < -0.4 is 14.4 Å². The highest BCUT2D eigenvalue weighted by molar-refractivity contribution is 7.92. The highest BCUT2D eigenvalue weighted by atomic mass is 32.2. The predicted molar refractivity (Wildman–Crippen MR) is 89.0 cm³/mol. The molecule has 2 N–H and O–H groups in total. The van der Waals surface area contributed by atoms with Gasteiger partial charge in [0.15, 0.2) is 0 Å². The third kappa shape index (κ3) is 4.56. The third-order valence-electron chi connectivity index (χ3n) is 3.33. The van der Waals surface area contributed by atoms with E-state index in [0.29, 0.717) is 13.0 Å². The first-order valence-corrected chi connectivity index (χ1v) is 9.00. The molecule has 9 heteroatoms. The van der Waals surface area contributed by atoms with E-state index in [1.807, 2.05) is 34.9 Å². The third-order valence-corrected chi connectivity index (χ3v) is 4.85. The quantitative estimate of drug-likeness (QED) is 0.571. The van der Waals surface area contributed by atoms with Crippen molar-refractivity contribution in [3.8, 4) is 0 Å². The zero-order chi connectivity index (χ0) is 17.7. The highest BCUT2D eigenvalue weighted by Crippen LogP contribution is 2.26. The second-order valence-electron chi connectivity index (χ2n) is 5.43. The first-order valence-electron chi connectivity index (χ1n) is 7.39. The smallest absolute Gasteiger partial charge is 0.257 e. The van der Waals surface area contributed by atoms with Gasteiger partial charge in [0.25, 0.3) is 10.0 Å². The van der Waals surface area contributed by atoms with E-state index in [-0.39, 0.29) is 27.5 Å². The van der Waals surface area contributed by atoms with Crippen molar-refractivity contribution in [2.75, 3.05) is 15.5 Å². The number of carbonyl (C=O) groups excluding carboxylic acids is 1. The Morgan fingerprint density at radius 1 is 1.38 bits per heavy atom. The average Bonchev–Trinajstić information content (AvgIpc) is 2.92. The maximum atomic E-state index is 12.3. The number of amides is 1. The molecule has 0 atom stereocenters. The van der Waals surface area contributed by atoms with Gasteiger partial charge in [-0.3, -0.25) is 10.0 Å². The molecular weight excluding hydrogens is 332 g/mol. The summed E-state index contributed by atoms with van der Waals surface area (Å²) in [6.45, 7) is 1.82. The second-order valence-corrected chi connectivity index (χ2v) is 7.35. The maximum absolute atomic E-state index is 12.3. The Morgan fingerprint density at radius 2 is 2.08 bits per heavy atom. The number of para-hydroxylation sites is 2. The summed E-state index contributed by atoms with van der Waals surface area (Å²) in [7, 11) is -2.04. The van der Waals surface area contributed by atoms with Gasteiger partial charge in [0.1, 0.15) is 18.1 Å². The topological polar surface area (TPSA) is 95.5 Å². The molecule has 0 aliphatic rings. The van der Waals surface area contributed by atoms with Crippen LogP contribution in [0, 0.1) is 0 Å². The van der Waals surface area contributed by atoms with Crippen LogP contribution in [0.1, 0.15) is 13.3 Å². The molecule has 1 aromatic heterocycles. The van der Waals surface area contributed by atoms with Gasteiger partial charge in [-0.1, -0.05) is 12.1 Å². The minimum atomic E-state index is -3.92. The van der Waals surface area contributed by atoms with Crippen molar-refractivity contribution in [3.63, 3.8) is 0 Å². The van der Waals surface area contributed by atoms with Gasteiger partial charge in [-0.25, -0.2) is 17.6 Å². The number of sulfonamides is 1. The van der Waals surface area contributed by atoms with E-state index >= 15 is 0 Å². The summed E-state index contributed by atoms with van der Waals surface area (Å²) in [5, 5.41) is 12.6. The zero-order valence-corrected chi connectivity index (χ0v) is 14.4. The molecule has 2 rings (SSSR count). The number of nitrogens with zero attached hydrogens (tertiary/aromatic N) is 3. The Balaban J connectivity index is 2.07. The van der Waals surface area contributed by atoms with Crippen LogP contribution in [0.3, 0.4) is 0 Å². The van der Waals surface area contributed by atoms with Crippen molar-refractivity contribution in [3.05, 3.63) is 43.0 Å². The van der Waals surface area contributed by atoms with Gasteiger partial charge in [-0.2, -0.15) is 0 Å². The van der Waals surface area contributed by atoms with E-state index < -0.39 is 10.0 Å². The molecule has 0 unspecified atom stereocenters. The zero-order valence-electron chi connectivity index (χ0n) is 13.6. The molecule has 2 aromatic rings. The molecule has 1 amide bonds. The fourth-order valence-electron chi connectivity index (χ4n) is 2.24. The Bertz CT molecular complexity index is 816. The Morgan fingerprint density at radius 3 is 2.71 bits per heavy atom. The van der Waals surface area contributed by atoms with Crippen molar-refractivity contribution < 1.29 is 23.0 Å². The second kappa shape index (κ2) is 7.45. The van der Waals surface area contributed by atoms with E-state index in [1.54, 1.807) is 12.1 Å². The number of hydrogen-bond acceptors (Lipinski definition) is 4. The van der Waals surface area contributed by atoms with Gasteiger partial charge in [0.2, 0.25) is 12.2 Å². The molecule has 0 bridgehead atoms. The summed E-state index contributed by atoms with van der Waals surface area (Å²) in [5.41, 5.74) is 0.244. The molecule has 0 aliphatic heterocycles. The molecule has 24 heavy (non-hydrogen) atoms. The molecular formula is C15H21N4O4S+. The number of aryl methyl sites for hydroxylation is 2. The Labute approximate surface area is 141 Å². The van der Waals surface area contributed by atoms with Crippen molar-refractivity contribution in [2.45, 2.75) is 19.9 Å². The lowest BCUT2D eigenvalue weighted by Gasteiger charge is -2.19. The number of imidazole rings is 1. The number of rotatable bonds is 7. The summed E-state index contributed by atoms with van der Waals surface area (Å²) in [6, 6.07) is 6.17. The predicted octanol–water partition coefficient (Wildman–Crippen LogP) is 0.887. The van der Waals surface area contributed by atoms with Crippen LogP contribution in [-0.4, -0.2) is 29.9 Å². The minimum absolute atomic E-state index is 0.0139. The molecule has 0 radical (unpaired) electrons. The van der Waals surface area contributed by atoms with Gasteiger partial charge >= 0.3 is 0 Å². The van der Waals surface area contributed by atoms with Crippen molar-refractivity contribution in [1.82, 2.24) is 4.57 Å². The monoisotopic (exact) mass is 353 g/mol. The SMILES string of the molecule is CC(=O)Nc1ccccc1N(O)S(=O)(=O)CCCn1cc[n+](C)c1. The molecule has 1 heterocycles. The summed E-state index contributed by atoms with van der Waals surface area (Å²) < 4.78 is 28.6. The summed E-state index contributed by atoms with van der Waals surface area (Å²) in [5.74, 6) is -0.575. The van der Waals surface area contributed by atoms with Gasteiger partial charge in [0.05, 0.1) is 25.0 Å². The number of nitrogens with one attached hydrogen (secondary N) is 1. The van der Waals surface area contributed by atoms with Crippen LogP contribution in [0.15, 0.2) is 43.0 Å². The molecule has 0 aliphatic carbocycles. The van der Waals surface area contributed by atoms with Crippen LogP contribution in [0.5, 0.6) is 0 Å². The first-order chi connectivity index (χ1) is 11.3. The average molecular weight is 353 g/mol. The normalized spacial score (nSPS) is 11.3. The Kier molecular flexibility index (Phi) is 5.58. The number of anilines is 2. The van der Waals surface area contributed by atoms with Crippen LogP contribution >= 0.6 is 0 Å². The minimum Gasteiger partial charge on any atom is -0.324 e. The lowest BCUT2D eigenvalue weighted by atomic mass is 10.2. The van der Waals surface area contributed by atoms with E-state index in [4.69, 9.17) is 0 Å². The largest absolute Gasteiger partial charge is 0.324 e. The van der Waals surface area contributed by atoms with Gasteiger partial charge in [-0.15, -0.1) is 4.47 Å². The number of benzene rings is 1. The Hall–Kier alpha value is -2.39. The number of carbonyl (C=O) groups is 1. The van der Waals surface area contributed by atoms with Crippen molar-refractivity contribution in [1.29, 1.82) is 0 Å². The molecule has 8 nitrogen and oxygen atoms in total. The fraction of sp³-hybridized carbons (Fsp3) is 0.333. The fourth-order valence-corrected chi connectivity index (χ4v) is 3.36. The highest BCUT2D eigenvalue weighted by Gasteiger charge is 2.23. The number of hydrogen-bond donors (Lipinski definition) is 2. The molecule has 0 fully saturated rings. The van der Waals surface area contributed by atoms with E-state index in [1.165, 1.54) is 19.1 Å². The van der Waals surface area contributed by atoms with Gasteiger partial charge in [-0.05, 0) is 12.1 Å². The maximum Gasteiger partial charge on any atom is 0.257 e. The summed E-state index contributed by atoms with van der Waals surface area (Å²) >= 11 is 0. The van der Waals surface area contributed by atoms with Crippen LogP contribution in [0.25, 0.3) is 0 Å². The van der Waals surface area contributed by atoms with Gasteiger partial charge in [0, 0.05) is 13.3 Å². The van der Waals surface area contributed by atoms with Crippen molar-refractivity contribution >= 4 is 27.3 Å². The molecule has 0 spiro atoms. The van der Waals surface area contributed by atoms with E-state index in [9.17, 15) is 18.4 Å². The molecule has 130 valence electrons. The standard InChI is InChI=1S/C15H20N4O4S/c1-13(20)16-14-6-3-4-7-15(14)19(21)24(22,23)11-5-8-18-10-9-17(2)12-18/h3-4,6-7,9-10,12,21H,5,8,11H2,1-2H3/p+1. The van der Waals surface area contributed by atoms with E-state index in [2.05, 4.69) is 5.32 Å². The van der Waals surface area contributed by atoms with Crippen LogP contribution in [0.4, 0.5) is 11.4 Å². The molecule has 1 aromatic carbocycles. The molecule has 0 saturated heterocycles. The summed E-state index contributed by atoms with van der Waals surface area (Å²) in [6.07, 6.45) is 5.89. The number of aromatic nitrogens is 2. The summed E-state index contributed by atoms with van der Waals surface area (Å²) in [4.78, 5) is 11.2. The lowest BCUT2D eigenvalue weighted by molar-refractivity contribution is -0.671. The van der Waals surface area contributed by atoms with Crippen LogP contribution in [-0.2, 0) is 28.4 Å². The molecule has 0 saturated carbocycles. The lowest BCUT2D eigenvalue weighted by Crippen LogP contribution is -2.31. The van der Waals surface area contributed by atoms with Crippen LogP contribution in [0.2, 0.25) is 0 Å². The van der Waals surface area contributed by atoms with E-state index in [0.717, 1.165) is 0 Å².